The lowest BCUT2D eigenvalue weighted by molar-refractivity contribution is 0.0693. The van der Waals surface area contributed by atoms with Crippen LogP contribution in [0.5, 0.6) is 5.75 Å². The molecule has 0 aromatic heterocycles. The standard InChI is InChI=1S/C17H12BrNO5S/c18-14-6-8-16(12-4-2-1-3-11(12)14)25(23,24)19-10-5-7-15(20)13(9-10)17(21)22/h1-9,19-20H,(H,21,22). The van der Waals surface area contributed by atoms with E-state index in [9.17, 15) is 18.3 Å². The van der Waals surface area contributed by atoms with Crippen LogP contribution in [0.4, 0.5) is 5.69 Å². The second-order valence-corrected chi connectivity index (χ2v) is 7.74. The second-order valence-electron chi connectivity index (χ2n) is 5.23. The summed E-state index contributed by atoms with van der Waals surface area (Å²) in [5.74, 6) is -1.79. The van der Waals surface area contributed by atoms with Gasteiger partial charge in [-0.2, -0.15) is 0 Å². The van der Waals surface area contributed by atoms with E-state index in [2.05, 4.69) is 20.7 Å². The van der Waals surface area contributed by atoms with Crippen LogP contribution in [-0.2, 0) is 10.0 Å². The molecule has 0 unspecified atom stereocenters. The average Bonchev–Trinajstić information content (AvgIpc) is 2.56. The van der Waals surface area contributed by atoms with E-state index in [-0.39, 0.29) is 16.1 Å². The maximum absolute atomic E-state index is 12.8. The van der Waals surface area contributed by atoms with Gasteiger partial charge in [-0.15, -0.1) is 0 Å². The normalized spacial score (nSPS) is 11.4. The summed E-state index contributed by atoms with van der Waals surface area (Å²) in [5.41, 5.74) is -0.344. The first-order chi connectivity index (χ1) is 11.8. The van der Waals surface area contributed by atoms with Crippen molar-refractivity contribution < 1.29 is 23.4 Å². The number of hydrogen-bond donors (Lipinski definition) is 3. The van der Waals surface area contributed by atoms with Gasteiger partial charge in [-0.3, -0.25) is 4.72 Å². The van der Waals surface area contributed by atoms with Crippen LogP contribution < -0.4 is 4.72 Å². The average molecular weight is 422 g/mol. The Kier molecular flexibility index (Phi) is 4.40. The first-order valence-electron chi connectivity index (χ1n) is 7.06. The Morgan fingerprint density at radius 3 is 2.36 bits per heavy atom. The molecule has 3 aromatic rings. The molecule has 0 aliphatic carbocycles. The molecule has 0 heterocycles. The van der Waals surface area contributed by atoms with Crippen molar-refractivity contribution in [1.82, 2.24) is 0 Å². The van der Waals surface area contributed by atoms with Crippen molar-refractivity contribution in [2.24, 2.45) is 0 Å². The Hall–Kier alpha value is -2.58. The first-order valence-corrected chi connectivity index (χ1v) is 9.33. The fraction of sp³-hybridized carbons (Fsp3) is 0. The summed E-state index contributed by atoms with van der Waals surface area (Å²) in [6, 6.07) is 13.6. The van der Waals surface area contributed by atoms with Gasteiger partial charge in [-0.05, 0) is 35.7 Å². The lowest BCUT2D eigenvalue weighted by atomic mass is 10.1. The third-order valence-corrected chi connectivity index (χ3v) is 5.73. The summed E-state index contributed by atoms with van der Waals surface area (Å²) in [7, 11) is -3.96. The van der Waals surface area contributed by atoms with Crippen LogP contribution in [0, 0.1) is 0 Å². The third kappa shape index (κ3) is 3.31. The molecule has 0 spiro atoms. The lowest BCUT2D eigenvalue weighted by Gasteiger charge is -2.12. The molecule has 0 saturated carbocycles. The third-order valence-electron chi connectivity index (χ3n) is 3.60. The molecular formula is C17H12BrNO5S. The number of carbonyl (C=O) groups is 1. The van der Waals surface area contributed by atoms with Crippen LogP contribution in [0.2, 0.25) is 0 Å². The minimum absolute atomic E-state index is 0.0437. The number of anilines is 1. The highest BCUT2D eigenvalue weighted by Crippen LogP contribution is 2.31. The number of halogens is 1. The highest BCUT2D eigenvalue weighted by Gasteiger charge is 2.20. The van der Waals surface area contributed by atoms with Gasteiger partial charge in [0.25, 0.3) is 10.0 Å². The number of carboxylic acids is 1. The van der Waals surface area contributed by atoms with Crippen LogP contribution >= 0.6 is 15.9 Å². The quantitative estimate of drug-likeness (QED) is 0.555. The molecule has 128 valence electrons. The molecule has 8 heteroatoms. The van der Waals surface area contributed by atoms with Gasteiger partial charge in [0.1, 0.15) is 11.3 Å². The number of sulfonamides is 1. The molecule has 0 aliphatic heterocycles. The van der Waals surface area contributed by atoms with Crippen molar-refractivity contribution in [2.75, 3.05) is 4.72 Å². The van der Waals surface area contributed by atoms with E-state index in [1.165, 1.54) is 12.1 Å². The molecular weight excluding hydrogens is 410 g/mol. The zero-order chi connectivity index (χ0) is 18.2. The molecule has 0 radical (unpaired) electrons. The van der Waals surface area contributed by atoms with Crippen molar-refractivity contribution in [3.8, 4) is 5.75 Å². The Balaban J connectivity index is 2.08. The molecule has 0 atom stereocenters. The van der Waals surface area contributed by atoms with E-state index in [1.807, 2.05) is 0 Å². The monoisotopic (exact) mass is 421 g/mol. The maximum atomic E-state index is 12.8. The lowest BCUT2D eigenvalue weighted by Crippen LogP contribution is -2.14. The number of hydrogen-bond acceptors (Lipinski definition) is 4. The number of nitrogens with one attached hydrogen (secondary N) is 1. The summed E-state index contributed by atoms with van der Waals surface area (Å²) in [6.45, 7) is 0. The molecule has 0 fully saturated rings. The van der Waals surface area contributed by atoms with Crippen molar-refractivity contribution in [3.05, 3.63) is 64.6 Å². The number of carboxylic acid groups (broad SMARTS) is 1. The molecule has 3 aromatic carbocycles. The van der Waals surface area contributed by atoms with Crippen molar-refractivity contribution in [1.29, 1.82) is 0 Å². The number of benzene rings is 3. The van der Waals surface area contributed by atoms with Gasteiger partial charge >= 0.3 is 5.97 Å². The summed E-state index contributed by atoms with van der Waals surface area (Å²) < 4.78 is 28.6. The van der Waals surface area contributed by atoms with Crippen LogP contribution in [0.25, 0.3) is 10.8 Å². The minimum atomic E-state index is -3.96. The Morgan fingerprint density at radius 2 is 1.68 bits per heavy atom. The van der Waals surface area contributed by atoms with Gasteiger partial charge < -0.3 is 10.2 Å². The van der Waals surface area contributed by atoms with Gasteiger partial charge in [0.15, 0.2) is 0 Å². The molecule has 0 amide bonds. The van der Waals surface area contributed by atoms with Gasteiger partial charge in [-0.25, -0.2) is 13.2 Å². The highest BCUT2D eigenvalue weighted by molar-refractivity contribution is 9.10. The van der Waals surface area contributed by atoms with Gasteiger partial charge in [0.2, 0.25) is 0 Å². The van der Waals surface area contributed by atoms with Gasteiger partial charge in [-0.1, -0.05) is 40.2 Å². The second kappa shape index (κ2) is 6.38. The van der Waals surface area contributed by atoms with Crippen LogP contribution in [-0.4, -0.2) is 24.6 Å². The molecule has 0 bridgehead atoms. The zero-order valence-corrected chi connectivity index (χ0v) is 15.0. The topological polar surface area (TPSA) is 104 Å². The minimum Gasteiger partial charge on any atom is -0.507 e. The molecule has 3 N–H and O–H groups in total. The molecule has 0 saturated heterocycles. The van der Waals surface area contributed by atoms with Crippen LogP contribution in [0.1, 0.15) is 10.4 Å². The summed E-state index contributed by atoms with van der Waals surface area (Å²) in [4.78, 5) is 11.1. The number of rotatable bonds is 4. The van der Waals surface area contributed by atoms with Crippen LogP contribution in [0.3, 0.4) is 0 Å². The van der Waals surface area contributed by atoms with E-state index >= 15 is 0 Å². The predicted molar refractivity (Wildman–Crippen MR) is 97.5 cm³/mol. The Bertz CT molecular complexity index is 1100. The van der Waals surface area contributed by atoms with Crippen molar-refractivity contribution in [2.45, 2.75) is 4.90 Å². The summed E-state index contributed by atoms with van der Waals surface area (Å²) in [6.07, 6.45) is 0. The number of aromatic carboxylic acids is 1. The molecule has 6 nitrogen and oxygen atoms in total. The summed E-state index contributed by atoms with van der Waals surface area (Å²) >= 11 is 3.39. The largest absolute Gasteiger partial charge is 0.507 e. The van der Waals surface area contributed by atoms with E-state index in [0.717, 1.165) is 22.0 Å². The number of aromatic hydroxyl groups is 1. The highest BCUT2D eigenvalue weighted by atomic mass is 79.9. The summed E-state index contributed by atoms with van der Waals surface area (Å²) in [5, 5.41) is 19.8. The van der Waals surface area contributed by atoms with Crippen LogP contribution in [0.15, 0.2) is 64.0 Å². The number of phenols is 1. The molecule has 25 heavy (non-hydrogen) atoms. The molecule has 3 rings (SSSR count). The first kappa shape index (κ1) is 17.2. The fourth-order valence-corrected chi connectivity index (χ4v) is 4.19. The zero-order valence-electron chi connectivity index (χ0n) is 12.6. The van der Waals surface area contributed by atoms with Gasteiger partial charge in [0.05, 0.1) is 4.90 Å². The van der Waals surface area contributed by atoms with Crippen molar-refractivity contribution in [3.63, 3.8) is 0 Å². The Labute approximate surface area is 151 Å². The number of fused-ring (bicyclic) bond motifs is 1. The predicted octanol–water partition coefficient (Wildman–Crippen LogP) is 3.81. The molecule has 0 aliphatic rings. The van der Waals surface area contributed by atoms with Gasteiger partial charge in [0, 0.05) is 15.5 Å². The maximum Gasteiger partial charge on any atom is 0.339 e. The van der Waals surface area contributed by atoms with E-state index < -0.39 is 21.7 Å². The van der Waals surface area contributed by atoms with E-state index in [4.69, 9.17) is 5.11 Å². The Morgan fingerprint density at radius 1 is 1.00 bits per heavy atom. The smallest absolute Gasteiger partial charge is 0.339 e. The fourth-order valence-electron chi connectivity index (χ4n) is 2.45. The van der Waals surface area contributed by atoms with E-state index in [0.29, 0.717) is 5.39 Å². The van der Waals surface area contributed by atoms with Crippen molar-refractivity contribution >= 4 is 48.4 Å². The SMILES string of the molecule is O=C(O)c1cc(NS(=O)(=O)c2ccc(Br)c3ccccc23)ccc1O. The van der Waals surface area contributed by atoms with E-state index in [1.54, 1.807) is 30.3 Å².